The standard InChI is InChI=1S/C17H28N2/c1-12-5-6-15(4)19(10-12)11-17(18)16-8-13(2)7-14(3)9-16/h7-9,12,15,17H,5-6,10-11,18H2,1-4H3. The number of likely N-dealkylation sites (tertiary alicyclic amines) is 1. The van der Waals surface area contributed by atoms with Crippen molar-refractivity contribution in [1.82, 2.24) is 4.90 Å². The van der Waals surface area contributed by atoms with Crippen LogP contribution in [0.15, 0.2) is 18.2 Å². The molecule has 1 aromatic carbocycles. The minimum atomic E-state index is 0.131. The smallest absolute Gasteiger partial charge is 0.0424 e. The van der Waals surface area contributed by atoms with E-state index in [-0.39, 0.29) is 6.04 Å². The first kappa shape index (κ1) is 14.5. The molecule has 0 aliphatic carbocycles. The molecule has 1 heterocycles. The summed E-state index contributed by atoms with van der Waals surface area (Å²) >= 11 is 0. The Morgan fingerprint density at radius 2 is 1.79 bits per heavy atom. The molecule has 0 bridgehead atoms. The second kappa shape index (κ2) is 6.06. The van der Waals surface area contributed by atoms with Crippen LogP contribution in [0.5, 0.6) is 0 Å². The van der Waals surface area contributed by atoms with Crippen molar-refractivity contribution in [2.45, 2.75) is 52.6 Å². The van der Waals surface area contributed by atoms with Crippen molar-refractivity contribution in [3.05, 3.63) is 34.9 Å². The molecule has 1 aromatic rings. The maximum absolute atomic E-state index is 6.43. The maximum atomic E-state index is 6.43. The first-order valence-electron chi connectivity index (χ1n) is 7.53. The average Bonchev–Trinajstić information content (AvgIpc) is 2.32. The minimum Gasteiger partial charge on any atom is -0.323 e. The minimum absolute atomic E-state index is 0.131. The predicted molar refractivity (Wildman–Crippen MR) is 82.3 cm³/mol. The first-order valence-corrected chi connectivity index (χ1v) is 7.53. The molecule has 1 aliphatic rings. The molecule has 2 N–H and O–H groups in total. The van der Waals surface area contributed by atoms with Crippen LogP contribution in [0.2, 0.25) is 0 Å². The second-order valence-electron chi connectivity index (χ2n) is 6.51. The summed E-state index contributed by atoms with van der Waals surface area (Å²) in [7, 11) is 0. The molecule has 2 rings (SSSR count). The van der Waals surface area contributed by atoms with Gasteiger partial charge in [-0.25, -0.2) is 0 Å². The highest BCUT2D eigenvalue weighted by molar-refractivity contribution is 5.30. The van der Waals surface area contributed by atoms with Crippen LogP contribution in [0.25, 0.3) is 0 Å². The number of piperidine rings is 1. The topological polar surface area (TPSA) is 29.3 Å². The predicted octanol–water partition coefficient (Wildman–Crippen LogP) is 3.42. The summed E-state index contributed by atoms with van der Waals surface area (Å²) in [6.45, 7) is 11.2. The van der Waals surface area contributed by atoms with Crippen LogP contribution in [0, 0.1) is 19.8 Å². The first-order chi connectivity index (χ1) is 8.95. The Hall–Kier alpha value is -0.860. The number of nitrogens with zero attached hydrogens (tertiary/aromatic N) is 1. The van der Waals surface area contributed by atoms with Gasteiger partial charge in [-0.2, -0.15) is 0 Å². The fourth-order valence-electron chi connectivity index (χ4n) is 3.22. The van der Waals surface area contributed by atoms with Crippen molar-refractivity contribution in [3.63, 3.8) is 0 Å². The van der Waals surface area contributed by atoms with E-state index in [1.165, 1.54) is 36.1 Å². The Morgan fingerprint density at radius 3 is 2.42 bits per heavy atom. The van der Waals surface area contributed by atoms with Gasteiger partial charge in [-0.05, 0) is 45.1 Å². The lowest BCUT2D eigenvalue weighted by atomic mass is 9.93. The molecular formula is C17H28N2. The number of nitrogens with two attached hydrogens (primary N) is 1. The van der Waals surface area contributed by atoms with Gasteiger partial charge in [0.2, 0.25) is 0 Å². The summed E-state index contributed by atoms with van der Waals surface area (Å²) in [6, 6.07) is 7.48. The molecule has 19 heavy (non-hydrogen) atoms. The summed E-state index contributed by atoms with van der Waals surface area (Å²) in [6.07, 6.45) is 2.66. The van der Waals surface area contributed by atoms with Gasteiger partial charge in [-0.15, -0.1) is 0 Å². The van der Waals surface area contributed by atoms with E-state index in [0.717, 1.165) is 12.5 Å². The zero-order chi connectivity index (χ0) is 14.0. The third-order valence-electron chi connectivity index (χ3n) is 4.35. The maximum Gasteiger partial charge on any atom is 0.0424 e. The quantitative estimate of drug-likeness (QED) is 0.902. The molecule has 1 fully saturated rings. The molecule has 3 atom stereocenters. The van der Waals surface area contributed by atoms with Gasteiger partial charge in [0, 0.05) is 25.2 Å². The molecule has 0 spiro atoms. The van der Waals surface area contributed by atoms with Crippen molar-refractivity contribution in [3.8, 4) is 0 Å². The van der Waals surface area contributed by atoms with E-state index >= 15 is 0 Å². The highest BCUT2D eigenvalue weighted by Gasteiger charge is 2.24. The van der Waals surface area contributed by atoms with E-state index in [4.69, 9.17) is 5.73 Å². The zero-order valence-corrected chi connectivity index (χ0v) is 12.8. The highest BCUT2D eigenvalue weighted by Crippen LogP contribution is 2.24. The SMILES string of the molecule is Cc1cc(C)cc(C(N)CN2CC(C)CCC2C)c1. The number of hydrogen-bond acceptors (Lipinski definition) is 2. The summed E-state index contributed by atoms with van der Waals surface area (Å²) < 4.78 is 0. The van der Waals surface area contributed by atoms with Crippen LogP contribution in [-0.2, 0) is 0 Å². The van der Waals surface area contributed by atoms with Crippen molar-refractivity contribution in [1.29, 1.82) is 0 Å². The summed E-state index contributed by atoms with van der Waals surface area (Å²) in [5.74, 6) is 0.808. The molecule has 1 saturated heterocycles. The van der Waals surface area contributed by atoms with E-state index in [9.17, 15) is 0 Å². The monoisotopic (exact) mass is 260 g/mol. The number of rotatable bonds is 3. The molecule has 2 heteroatoms. The Labute approximate surface area is 118 Å². The van der Waals surface area contributed by atoms with Crippen LogP contribution < -0.4 is 5.73 Å². The molecule has 0 saturated carbocycles. The molecule has 0 radical (unpaired) electrons. The fraction of sp³-hybridized carbons (Fsp3) is 0.647. The van der Waals surface area contributed by atoms with Gasteiger partial charge in [0.05, 0.1) is 0 Å². The van der Waals surface area contributed by atoms with Crippen molar-refractivity contribution in [2.75, 3.05) is 13.1 Å². The Bertz CT molecular complexity index is 407. The third kappa shape index (κ3) is 3.80. The zero-order valence-electron chi connectivity index (χ0n) is 12.8. The molecule has 2 nitrogen and oxygen atoms in total. The van der Waals surface area contributed by atoms with E-state index in [1.54, 1.807) is 0 Å². The van der Waals surface area contributed by atoms with E-state index in [0.29, 0.717) is 6.04 Å². The molecule has 1 aliphatic heterocycles. The lowest BCUT2D eigenvalue weighted by molar-refractivity contribution is 0.117. The normalized spacial score (nSPS) is 26.4. The molecule has 106 valence electrons. The van der Waals surface area contributed by atoms with Gasteiger partial charge in [-0.3, -0.25) is 4.90 Å². The van der Waals surface area contributed by atoms with Crippen LogP contribution in [0.3, 0.4) is 0 Å². The van der Waals surface area contributed by atoms with Crippen molar-refractivity contribution in [2.24, 2.45) is 11.7 Å². The molecular weight excluding hydrogens is 232 g/mol. The Balaban J connectivity index is 2.05. The lowest BCUT2D eigenvalue weighted by Gasteiger charge is -2.38. The van der Waals surface area contributed by atoms with Gasteiger partial charge in [0.1, 0.15) is 0 Å². The van der Waals surface area contributed by atoms with Gasteiger partial charge < -0.3 is 5.73 Å². The van der Waals surface area contributed by atoms with Gasteiger partial charge in [0.25, 0.3) is 0 Å². The highest BCUT2D eigenvalue weighted by atomic mass is 15.2. The van der Waals surface area contributed by atoms with Crippen LogP contribution in [0.4, 0.5) is 0 Å². The van der Waals surface area contributed by atoms with Crippen LogP contribution in [0.1, 0.15) is 49.4 Å². The van der Waals surface area contributed by atoms with Crippen LogP contribution in [-0.4, -0.2) is 24.0 Å². The summed E-state index contributed by atoms with van der Waals surface area (Å²) in [5, 5.41) is 0. The van der Waals surface area contributed by atoms with E-state index in [1.807, 2.05) is 0 Å². The third-order valence-corrected chi connectivity index (χ3v) is 4.35. The Morgan fingerprint density at radius 1 is 1.16 bits per heavy atom. The molecule has 0 aromatic heterocycles. The number of aryl methyl sites for hydroxylation is 2. The average molecular weight is 260 g/mol. The van der Waals surface area contributed by atoms with Crippen LogP contribution >= 0.6 is 0 Å². The van der Waals surface area contributed by atoms with Gasteiger partial charge in [-0.1, -0.05) is 36.2 Å². The molecule has 3 unspecified atom stereocenters. The van der Waals surface area contributed by atoms with Gasteiger partial charge in [0.15, 0.2) is 0 Å². The number of hydrogen-bond donors (Lipinski definition) is 1. The largest absolute Gasteiger partial charge is 0.323 e. The lowest BCUT2D eigenvalue weighted by Crippen LogP contribution is -2.44. The summed E-state index contributed by atoms with van der Waals surface area (Å²) in [4.78, 5) is 2.57. The van der Waals surface area contributed by atoms with Crippen molar-refractivity contribution < 1.29 is 0 Å². The summed E-state index contributed by atoms with van der Waals surface area (Å²) in [5.41, 5.74) is 10.3. The number of benzene rings is 1. The van der Waals surface area contributed by atoms with E-state index < -0.39 is 0 Å². The van der Waals surface area contributed by atoms with E-state index in [2.05, 4.69) is 50.8 Å². The van der Waals surface area contributed by atoms with Gasteiger partial charge >= 0.3 is 0 Å². The fourth-order valence-corrected chi connectivity index (χ4v) is 3.22. The van der Waals surface area contributed by atoms with Crippen molar-refractivity contribution >= 4 is 0 Å². The second-order valence-corrected chi connectivity index (χ2v) is 6.51. The Kier molecular flexibility index (Phi) is 4.64. The molecule has 0 amide bonds.